The quantitative estimate of drug-likeness (QED) is 0.377. The molecule has 34 heavy (non-hydrogen) atoms. The smallest absolute Gasteiger partial charge is 0.333 e. The van der Waals surface area contributed by atoms with Crippen molar-refractivity contribution >= 4 is 17.1 Å². The van der Waals surface area contributed by atoms with Crippen LogP contribution in [0.2, 0.25) is 0 Å². The number of aromatic nitrogens is 4. The molecular weight excluding hydrogens is 432 g/mol. The van der Waals surface area contributed by atoms with E-state index in [0.29, 0.717) is 18.1 Å². The van der Waals surface area contributed by atoms with Crippen molar-refractivity contribution in [3.05, 3.63) is 98.5 Å². The predicted molar refractivity (Wildman–Crippen MR) is 130 cm³/mol. The molecule has 0 fully saturated rings. The average molecular weight is 461 g/mol. The topological polar surface area (TPSA) is 88.1 Å². The maximum atomic E-state index is 13.3. The summed E-state index contributed by atoms with van der Waals surface area (Å²) in [5.74, 6) is -0.242. The van der Waals surface area contributed by atoms with Gasteiger partial charge in [-0.1, -0.05) is 68.4 Å². The SMILES string of the molecule is CCn1cnc2c1c(=O)n(CC(=O)OCc1ccc(C(C)C)cc1)c(=O)n2Cc1ccccc1. The first-order valence-electron chi connectivity index (χ1n) is 11.4. The van der Waals surface area contributed by atoms with Gasteiger partial charge in [-0.05, 0) is 29.5 Å². The maximum Gasteiger partial charge on any atom is 0.333 e. The summed E-state index contributed by atoms with van der Waals surface area (Å²) in [6, 6.07) is 17.3. The molecule has 2 heterocycles. The largest absolute Gasteiger partial charge is 0.459 e. The Hall–Kier alpha value is -3.94. The van der Waals surface area contributed by atoms with Crippen LogP contribution >= 0.6 is 0 Å². The van der Waals surface area contributed by atoms with Crippen LogP contribution in [0.1, 0.15) is 43.4 Å². The summed E-state index contributed by atoms with van der Waals surface area (Å²) in [7, 11) is 0. The molecule has 0 unspecified atom stereocenters. The molecule has 2 aromatic carbocycles. The molecule has 0 radical (unpaired) electrons. The Kier molecular flexibility index (Phi) is 6.77. The highest BCUT2D eigenvalue weighted by Crippen LogP contribution is 2.15. The van der Waals surface area contributed by atoms with E-state index in [0.717, 1.165) is 15.7 Å². The molecule has 0 aliphatic heterocycles. The monoisotopic (exact) mass is 460 g/mol. The predicted octanol–water partition coefficient (Wildman–Crippen LogP) is 3.29. The molecule has 0 N–H and O–H groups in total. The summed E-state index contributed by atoms with van der Waals surface area (Å²) in [5, 5.41) is 0. The van der Waals surface area contributed by atoms with Crippen LogP contribution in [-0.4, -0.2) is 24.7 Å². The van der Waals surface area contributed by atoms with Gasteiger partial charge in [0.2, 0.25) is 0 Å². The Bertz CT molecular complexity index is 1410. The number of rotatable bonds is 8. The van der Waals surface area contributed by atoms with Gasteiger partial charge in [0.05, 0.1) is 12.9 Å². The molecule has 0 saturated carbocycles. The Labute approximate surface area is 197 Å². The van der Waals surface area contributed by atoms with Gasteiger partial charge < -0.3 is 9.30 Å². The van der Waals surface area contributed by atoms with Crippen molar-refractivity contribution < 1.29 is 9.53 Å². The summed E-state index contributed by atoms with van der Waals surface area (Å²) < 4.78 is 9.42. The van der Waals surface area contributed by atoms with Crippen LogP contribution in [0.15, 0.2) is 70.5 Å². The normalized spacial score (nSPS) is 11.3. The summed E-state index contributed by atoms with van der Waals surface area (Å²) in [5.41, 5.74) is 2.36. The number of carbonyl (C=O) groups is 1. The Balaban J connectivity index is 1.63. The van der Waals surface area contributed by atoms with Gasteiger partial charge in [-0.25, -0.2) is 14.3 Å². The average Bonchev–Trinajstić information content (AvgIpc) is 3.28. The lowest BCUT2D eigenvalue weighted by Gasteiger charge is -2.13. The highest BCUT2D eigenvalue weighted by molar-refractivity contribution is 5.72. The second-order valence-corrected chi connectivity index (χ2v) is 8.51. The molecule has 8 nitrogen and oxygen atoms in total. The molecule has 2 aromatic heterocycles. The van der Waals surface area contributed by atoms with E-state index < -0.39 is 23.8 Å². The van der Waals surface area contributed by atoms with Crippen LogP contribution in [-0.2, 0) is 35.8 Å². The second kappa shape index (κ2) is 9.91. The van der Waals surface area contributed by atoms with E-state index in [1.807, 2.05) is 61.5 Å². The third-order valence-electron chi connectivity index (χ3n) is 5.84. The van der Waals surface area contributed by atoms with Gasteiger partial charge in [0.15, 0.2) is 11.2 Å². The molecule has 0 saturated heterocycles. The highest BCUT2D eigenvalue weighted by atomic mass is 16.5. The molecule has 4 rings (SSSR count). The van der Waals surface area contributed by atoms with Gasteiger partial charge in [0, 0.05) is 6.54 Å². The first-order valence-corrected chi connectivity index (χ1v) is 11.4. The van der Waals surface area contributed by atoms with Crippen molar-refractivity contribution in [2.75, 3.05) is 0 Å². The molecule has 0 bridgehead atoms. The highest BCUT2D eigenvalue weighted by Gasteiger charge is 2.20. The van der Waals surface area contributed by atoms with Gasteiger partial charge in [-0.15, -0.1) is 0 Å². The summed E-state index contributed by atoms with van der Waals surface area (Å²) in [6.45, 7) is 6.44. The zero-order chi connectivity index (χ0) is 24.2. The first-order chi connectivity index (χ1) is 16.4. The summed E-state index contributed by atoms with van der Waals surface area (Å²) in [6.07, 6.45) is 1.54. The third kappa shape index (κ3) is 4.71. The van der Waals surface area contributed by atoms with Gasteiger partial charge in [0.25, 0.3) is 5.56 Å². The van der Waals surface area contributed by atoms with Crippen molar-refractivity contribution in [1.82, 2.24) is 18.7 Å². The number of fused-ring (bicyclic) bond motifs is 1. The van der Waals surface area contributed by atoms with Gasteiger partial charge in [-0.2, -0.15) is 0 Å². The molecule has 0 aliphatic carbocycles. The lowest BCUT2D eigenvalue weighted by molar-refractivity contribution is -0.145. The minimum atomic E-state index is -0.652. The van der Waals surface area contributed by atoms with E-state index >= 15 is 0 Å². The van der Waals surface area contributed by atoms with Crippen LogP contribution in [0.3, 0.4) is 0 Å². The Morgan fingerprint density at radius 3 is 2.32 bits per heavy atom. The Morgan fingerprint density at radius 2 is 1.68 bits per heavy atom. The fraction of sp³-hybridized carbons (Fsp3) is 0.308. The molecule has 0 amide bonds. The van der Waals surface area contributed by atoms with Crippen molar-refractivity contribution in [2.24, 2.45) is 0 Å². The standard InChI is InChI=1S/C26H28N4O4/c1-4-28-17-27-24-23(28)25(32)30(26(33)29(24)14-19-8-6-5-7-9-19)15-22(31)34-16-20-10-12-21(13-11-20)18(2)3/h5-13,17-18H,4,14-16H2,1-3H3. The molecule has 4 aromatic rings. The molecule has 176 valence electrons. The van der Waals surface area contributed by atoms with Crippen molar-refractivity contribution in [1.29, 1.82) is 0 Å². The van der Waals surface area contributed by atoms with Crippen LogP contribution in [0, 0.1) is 0 Å². The number of ether oxygens (including phenoxy) is 1. The number of benzene rings is 2. The molecule has 0 atom stereocenters. The van der Waals surface area contributed by atoms with Crippen LogP contribution in [0.4, 0.5) is 0 Å². The number of hydrogen-bond donors (Lipinski definition) is 0. The van der Waals surface area contributed by atoms with Gasteiger partial charge in [-0.3, -0.25) is 14.2 Å². The number of imidazole rings is 1. The zero-order valence-electron chi connectivity index (χ0n) is 19.6. The molecule has 0 spiro atoms. The zero-order valence-corrected chi connectivity index (χ0v) is 19.6. The minimum absolute atomic E-state index is 0.0688. The van der Waals surface area contributed by atoms with Crippen LogP contribution < -0.4 is 11.2 Å². The Morgan fingerprint density at radius 1 is 0.971 bits per heavy atom. The number of carbonyl (C=O) groups excluding carboxylic acids is 1. The van der Waals surface area contributed by atoms with Crippen LogP contribution in [0.5, 0.6) is 0 Å². The number of esters is 1. The van der Waals surface area contributed by atoms with Gasteiger partial charge >= 0.3 is 11.7 Å². The third-order valence-corrected chi connectivity index (χ3v) is 5.84. The van der Waals surface area contributed by atoms with E-state index in [-0.39, 0.29) is 18.7 Å². The van der Waals surface area contributed by atoms with E-state index in [4.69, 9.17) is 4.74 Å². The van der Waals surface area contributed by atoms with E-state index in [9.17, 15) is 14.4 Å². The van der Waals surface area contributed by atoms with Crippen molar-refractivity contribution in [3.8, 4) is 0 Å². The van der Waals surface area contributed by atoms with E-state index in [1.165, 1.54) is 16.5 Å². The number of nitrogens with zero attached hydrogens (tertiary/aromatic N) is 4. The molecular formula is C26H28N4O4. The summed E-state index contributed by atoms with van der Waals surface area (Å²) >= 11 is 0. The molecule has 0 aliphatic rings. The van der Waals surface area contributed by atoms with E-state index in [1.54, 1.807) is 4.57 Å². The number of hydrogen-bond acceptors (Lipinski definition) is 5. The van der Waals surface area contributed by atoms with E-state index in [2.05, 4.69) is 18.8 Å². The second-order valence-electron chi connectivity index (χ2n) is 8.51. The lowest BCUT2D eigenvalue weighted by Crippen LogP contribution is -2.42. The fourth-order valence-electron chi connectivity index (χ4n) is 3.86. The van der Waals surface area contributed by atoms with Crippen molar-refractivity contribution in [2.45, 2.75) is 52.9 Å². The fourth-order valence-corrected chi connectivity index (χ4v) is 3.86. The van der Waals surface area contributed by atoms with Gasteiger partial charge in [0.1, 0.15) is 13.2 Å². The first kappa shape index (κ1) is 23.2. The minimum Gasteiger partial charge on any atom is -0.459 e. The molecule has 8 heteroatoms. The van der Waals surface area contributed by atoms with Crippen LogP contribution in [0.25, 0.3) is 11.2 Å². The maximum absolute atomic E-state index is 13.3. The number of aryl methyl sites for hydroxylation is 1. The lowest BCUT2D eigenvalue weighted by atomic mass is 10.0. The summed E-state index contributed by atoms with van der Waals surface area (Å²) in [4.78, 5) is 43.4. The van der Waals surface area contributed by atoms with Crippen molar-refractivity contribution in [3.63, 3.8) is 0 Å².